The number of carbonyl (C=O) groups is 2. The van der Waals surface area contributed by atoms with Gasteiger partial charge in [0.1, 0.15) is 16.7 Å². The number of aromatic nitrogens is 1. The average Bonchev–Trinajstić information content (AvgIpc) is 3.17. The first kappa shape index (κ1) is 14.2. The molecule has 3 heterocycles. The molecule has 21 heavy (non-hydrogen) atoms. The Morgan fingerprint density at radius 3 is 2.86 bits per heavy atom. The number of amides is 1. The first-order chi connectivity index (χ1) is 10.1. The van der Waals surface area contributed by atoms with Crippen LogP contribution >= 0.6 is 22.7 Å². The highest BCUT2D eigenvalue weighted by Crippen LogP contribution is 2.29. The Balaban J connectivity index is 1.83. The van der Waals surface area contributed by atoms with Gasteiger partial charge in [-0.1, -0.05) is 6.07 Å². The maximum absolute atomic E-state index is 12.4. The van der Waals surface area contributed by atoms with E-state index in [0.29, 0.717) is 0 Å². The zero-order valence-electron chi connectivity index (χ0n) is 10.8. The summed E-state index contributed by atoms with van der Waals surface area (Å²) in [6.07, 6.45) is -0.742. The molecule has 0 aliphatic carbocycles. The number of hydrogen-bond acceptors (Lipinski definition) is 6. The lowest BCUT2D eigenvalue weighted by Gasteiger charge is -2.19. The van der Waals surface area contributed by atoms with Crippen LogP contribution in [0.25, 0.3) is 9.88 Å². The van der Waals surface area contributed by atoms with E-state index in [2.05, 4.69) is 4.98 Å². The van der Waals surface area contributed by atoms with Gasteiger partial charge in [-0.05, 0) is 11.4 Å². The maximum Gasteiger partial charge on any atom is 0.326 e. The van der Waals surface area contributed by atoms with Crippen LogP contribution in [0.3, 0.4) is 0 Å². The summed E-state index contributed by atoms with van der Waals surface area (Å²) in [4.78, 5) is 30.0. The first-order valence-corrected chi connectivity index (χ1v) is 8.03. The van der Waals surface area contributed by atoms with Crippen molar-refractivity contribution in [3.8, 4) is 9.88 Å². The van der Waals surface area contributed by atoms with E-state index >= 15 is 0 Å². The second-order valence-electron chi connectivity index (χ2n) is 4.72. The van der Waals surface area contributed by atoms with E-state index in [1.54, 1.807) is 5.38 Å². The van der Waals surface area contributed by atoms with Gasteiger partial charge in [0.2, 0.25) is 0 Å². The molecular formula is C13H12N2O4S2. The molecule has 2 N–H and O–H groups in total. The summed E-state index contributed by atoms with van der Waals surface area (Å²) in [7, 11) is 0. The Morgan fingerprint density at radius 2 is 2.19 bits per heavy atom. The van der Waals surface area contributed by atoms with E-state index in [1.807, 2.05) is 17.5 Å². The first-order valence-electron chi connectivity index (χ1n) is 6.27. The number of aliphatic carboxylic acids is 1. The van der Waals surface area contributed by atoms with Crippen molar-refractivity contribution < 1.29 is 19.8 Å². The van der Waals surface area contributed by atoms with Crippen molar-refractivity contribution >= 4 is 34.6 Å². The van der Waals surface area contributed by atoms with Crippen molar-refractivity contribution in [1.29, 1.82) is 0 Å². The molecule has 8 heteroatoms. The molecule has 1 saturated heterocycles. The molecule has 2 atom stereocenters. The number of likely N-dealkylation sites (tertiary alicyclic amines) is 1. The molecule has 0 saturated carbocycles. The van der Waals surface area contributed by atoms with Gasteiger partial charge >= 0.3 is 5.97 Å². The molecule has 1 aliphatic rings. The van der Waals surface area contributed by atoms with Crippen molar-refractivity contribution in [3.63, 3.8) is 0 Å². The largest absolute Gasteiger partial charge is 0.480 e. The SMILES string of the molecule is O=C(O)[C@@H]1C[C@@H](O)CN1C(=O)c1csc(-c2cccs2)n1. The predicted octanol–water partition coefficient (Wildman–Crippen LogP) is 1.53. The summed E-state index contributed by atoms with van der Waals surface area (Å²) in [6, 6.07) is 2.83. The lowest BCUT2D eigenvalue weighted by Crippen LogP contribution is -2.40. The second kappa shape index (κ2) is 5.55. The van der Waals surface area contributed by atoms with Crippen LogP contribution in [0.15, 0.2) is 22.9 Å². The Labute approximate surface area is 128 Å². The normalized spacial score (nSPS) is 21.7. The third-order valence-electron chi connectivity index (χ3n) is 3.28. The molecule has 110 valence electrons. The molecular weight excluding hydrogens is 312 g/mol. The fraction of sp³-hybridized carbons (Fsp3) is 0.308. The molecule has 6 nitrogen and oxygen atoms in total. The van der Waals surface area contributed by atoms with Crippen molar-refractivity contribution in [2.75, 3.05) is 6.54 Å². The molecule has 3 rings (SSSR count). The topological polar surface area (TPSA) is 90.7 Å². The van der Waals surface area contributed by atoms with Gasteiger partial charge in [-0.25, -0.2) is 9.78 Å². The van der Waals surface area contributed by atoms with Crippen LogP contribution in [0.2, 0.25) is 0 Å². The molecule has 0 bridgehead atoms. The Hall–Kier alpha value is -1.77. The summed E-state index contributed by atoms with van der Waals surface area (Å²) < 4.78 is 0. The number of thiophene rings is 1. The number of aliphatic hydroxyl groups excluding tert-OH is 1. The van der Waals surface area contributed by atoms with Gasteiger partial charge in [-0.2, -0.15) is 0 Å². The van der Waals surface area contributed by atoms with Crippen LogP contribution in [0.5, 0.6) is 0 Å². The zero-order chi connectivity index (χ0) is 15.0. The number of β-amino-alcohol motifs (C(OH)–C–C–N with tert-alkyl or cyclic N) is 1. The number of nitrogens with zero attached hydrogens (tertiary/aromatic N) is 2. The number of carboxylic acids is 1. The third-order valence-corrected chi connectivity index (χ3v) is 5.16. The van der Waals surface area contributed by atoms with Gasteiger partial charge in [0.15, 0.2) is 0 Å². The summed E-state index contributed by atoms with van der Waals surface area (Å²) >= 11 is 2.87. The fourth-order valence-corrected chi connectivity index (χ4v) is 3.91. The summed E-state index contributed by atoms with van der Waals surface area (Å²) in [6.45, 7) is 0.0294. The minimum atomic E-state index is -1.10. The second-order valence-corrected chi connectivity index (χ2v) is 6.52. The number of aliphatic hydroxyl groups is 1. The highest BCUT2D eigenvalue weighted by atomic mass is 32.1. The number of carbonyl (C=O) groups excluding carboxylic acids is 1. The van der Waals surface area contributed by atoms with Crippen molar-refractivity contribution in [2.45, 2.75) is 18.6 Å². The van der Waals surface area contributed by atoms with E-state index in [9.17, 15) is 14.7 Å². The van der Waals surface area contributed by atoms with Crippen LogP contribution in [-0.2, 0) is 4.79 Å². The van der Waals surface area contributed by atoms with Gasteiger partial charge in [0.25, 0.3) is 5.91 Å². The standard InChI is InChI=1S/C13H12N2O4S2/c16-7-4-9(13(18)19)15(5-7)12(17)8-6-21-11(14-8)10-2-1-3-20-10/h1-3,6-7,9,16H,4-5H2,(H,18,19)/t7-,9+/m1/s1. The lowest BCUT2D eigenvalue weighted by molar-refractivity contribution is -0.141. The maximum atomic E-state index is 12.4. The van der Waals surface area contributed by atoms with Crippen LogP contribution in [0.1, 0.15) is 16.9 Å². The van der Waals surface area contributed by atoms with Gasteiger partial charge in [0, 0.05) is 18.3 Å². The van der Waals surface area contributed by atoms with Gasteiger partial charge in [-0.15, -0.1) is 22.7 Å². The summed E-state index contributed by atoms with van der Waals surface area (Å²) in [5.74, 6) is -1.55. The number of thiazole rings is 1. The van der Waals surface area contributed by atoms with Crippen molar-refractivity contribution in [3.05, 3.63) is 28.6 Å². The van der Waals surface area contributed by atoms with E-state index in [1.165, 1.54) is 27.6 Å². The molecule has 2 aromatic heterocycles. The minimum Gasteiger partial charge on any atom is -0.480 e. The third kappa shape index (κ3) is 2.69. The molecule has 1 aliphatic heterocycles. The Bertz CT molecular complexity index is 668. The Kier molecular flexibility index (Phi) is 3.75. The quantitative estimate of drug-likeness (QED) is 0.893. The molecule has 0 spiro atoms. The van der Waals surface area contributed by atoms with Crippen LogP contribution < -0.4 is 0 Å². The van der Waals surface area contributed by atoms with Crippen molar-refractivity contribution in [1.82, 2.24) is 9.88 Å². The van der Waals surface area contributed by atoms with E-state index in [-0.39, 0.29) is 18.7 Å². The summed E-state index contributed by atoms with van der Waals surface area (Å²) in [5.41, 5.74) is 0.226. The van der Waals surface area contributed by atoms with E-state index in [4.69, 9.17) is 5.11 Å². The molecule has 1 fully saturated rings. The highest BCUT2D eigenvalue weighted by molar-refractivity contribution is 7.20. The number of rotatable bonds is 3. The number of carboxylic acid groups (broad SMARTS) is 1. The minimum absolute atomic E-state index is 0.0294. The van der Waals surface area contributed by atoms with Crippen LogP contribution in [-0.4, -0.2) is 50.7 Å². The van der Waals surface area contributed by atoms with Crippen LogP contribution in [0.4, 0.5) is 0 Å². The summed E-state index contributed by atoms with van der Waals surface area (Å²) in [5, 5.41) is 23.0. The van der Waals surface area contributed by atoms with Crippen LogP contribution in [0, 0.1) is 0 Å². The predicted molar refractivity (Wildman–Crippen MR) is 78.5 cm³/mol. The smallest absolute Gasteiger partial charge is 0.326 e. The molecule has 2 aromatic rings. The molecule has 0 radical (unpaired) electrons. The van der Waals surface area contributed by atoms with Crippen molar-refractivity contribution in [2.24, 2.45) is 0 Å². The van der Waals surface area contributed by atoms with Gasteiger partial charge in [-0.3, -0.25) is 4.79 Å². The van der Waals surface area contributed by atoms with Gasteiger partial charge in [0.05, 0.1) is 11.0 Å². The molecule has 0 aromatic carbocycles. The van der Waals surface area contributed by atoms with E-state index < -0.39 is 24.0 Å². The number of hydrogen-bond donors (Lipinski definition) is 2. The highest BCUT2D eigenvalue weighted by Gasteiger charge is 2.39. The molecule has 1 amide bonds. The monoisotopic (exact) mass is 324 g/mol. The lowest BCUT2D eigenvalue weighted by atomic mass is 10.2. The van der Waals surface area contributed by atoms with Gasteiger partial charge < -0.3 is 15.1 Å². The van der Waals surface area contributed by atoms with E-state index in [0.717, 1.165) is 9.88 Å². The Morgan fingerprint density at radius 1 is 1.38 bits per heavy atom. The molecule has 0 unspecified atom stereocenters. The average molecular weight is 324 g/mol. The zero-order valence-corrected chi connectivity index (χ0v) is 12.4. The fourth-order valence-electron chi connectivity index (χ4n) is 2.30.